The second-order valence-corrected chi connectivity index (χ2v) is 6.33. The summed E-state index contributed by atoms with van der Waals surface area (Å²) in [6.07, 6.45) is 2.00. The topological polar surface area (TPSA) is 58.6 Å². The molecule has 0 amide bonds. The summed E-state index contributed by atoms with van der Waals surface area (Å²) in [5.74, 6) is 0.534. The van der Waals surface area contributed by atoms with Crippen LogP contribution in [0.2, 0.25) is 0 Å². The van der Waals surface area contributed by atoms with E-state index in [4.69, 9.17) is 4.74 Å². The zero-order valence-corrected chi connectivity index (χ0v) is 10.9. The van der Waals surface area contributed by atoms with Gasteiger partial charge >= 0.3 is 0 Å². The van der Waals surface area contributed by atoms with Crippen LogP contribution in [0.5, 0.6) is 0 Å². The normalized spacial score (nSPS) is 23.5. The maximum absolute atomic E-state index is 11.9. The lowest BCUT2D eigenvalue weighted by molar-refractivity contribution is 0.118. The molecule has 1 fully saturated rings. The largest absolute Gasteiger partial charge is 0.384 e. The molecule has 0 aromatic rings. The maximum atomic E-state index is 11.9. The molecular weight excluding hydrogens is 228 g/mol. The van der Waals surface area contributed by atoms with Crippen molar-refractivity contribution >= 4 is 10.0 Å². The first-order valence-electron chi connectivity index (χ1n) is 5.71. The highest BCUT2D eigenvalue weighted by molar-refractivity contribution is 7.89. The van der Waals surface area contributed by atoms with Crippen molar-refractivity contribution in [2.45, 2.75) is 12.8 Å². The molecule has 1 atom stereocenters. The predicted molar refractivity (Wildman–Crippen MR) is 63.9 cm³/mol. The molecule has 0 saturated carbocycles. The summed E-state index contributed by atoms with van der Waals surface area (Å²) in [4.78, 5) is 0. The van der Waals surface area contributed by atoms with Crippen molar-refractivity contribution in [3.63, 3.8) is 0 Å². The molecule has 5 nitrogen and oxygen atoms in total. The summed E-state index contributed by atoms with van der Waals surface area (Å²) in [7, 11) is 0.343. The van der Waals surface area contributed by atoms with Gasteiger partial charge in [0.05, 0.1) is 12.4 Å². The van der Waals surface area contributed by atoms with E-state index in [0.29, 0.717) is 32.2 Å². The van der Waals surface area contributed by atoms with Gasteiger partial charge in [-0.3, -0.25) is 0 Å². The fraction of sp³-hybridized carbons (Fsp3) is 1.00. The summed E-state index contributed by atoms with van der Waals surface area (Å²) >= 11 is 0. The molecule has 1 saturated heterocycles. The molecule has 0 aliphatic carbocycles. The monoisotopic (exact) mass is 250 g/mol. The third-order valence-corrected chi connectivity index (χ3v) is 4.73. The van der Waals surface area contributed by atoms with Crippen molar-refractivity contribution in [3.05, 3.63) is 0 Å². The molecule has 0 aromatic carbocycles. The van der Waals surface area contributed by atoms with Crippen LogP contribution in [0.1, 0.15) is 12.8 Å². The molecule has 0 radical (unpaired) electrons. The Kier molecular flexibility index (Phi) is 5.68. The summed E-state index contributed by atoms with van der Waals surface area (Å²) < 4.78 is 30.6. The Bertz CT molecular complexity index is 290. The van der Waals surface area contributed by atoms with Crippen LogP contribution in [0.15, 0.2) is 0 Å². The van der Waals surface area contributed by atoms with E-state index in [-0.39, 0.29) is 5.75 Å². The minimum absolute atomic E-state index is 0.184. The van der Waals surface area contributed by atoms with Crippen LogP contribution < -0.4 is 5.32 Å². The molecule has 6 heteroatoms. The average molecular weight is 250 g/mol. The zero-order chi connectivity index (χ0) is 12.0. The van der Waals surface area contributed by atoms with E-state index in [9.17, 15) is 8.42 Å². The SMILES string of the molecule is CNCCS(=O)(=O)N1CCCC(COC)C1. The number of sulfonamides is 1. The van der Waals surface area contributed by atoms with E-state index in [1.165, 1.54) is 0 Å². The van der Waals surface area contributed by atoms with Crippen LogP contribution in [0.4, 0.5) is 0 Å². The number of nitrogens with zero attached hydrogens (tertiary/aromatic N) is 1. The lowest BCUT2D eigenvalue weighted by Crippen LogP contribution is -2.43. The molecule has 16 heavy (non-hydrogen) atoms. The summed E-state index contributed by atoms with van der Waals surface area (Å²) in [5.41, 5.74) is 0. The van der Waals surface area contributed by atoms with Gasteiger partial charge in [0.2, 0.25) is 10.0 Å². The summed E-state index contributed by atoms with van der Waals surface area (Å²) in [6, 6.07) is 0. The van der Waals surface area contributed by atoms with Gasteiger partial charge in [0.15, 0.2) is 0 Å². The summed E-state index contributed by atoms with van der Waals surface area (Å²) in [5, 5.41) is 2.87. The molecule has 0 aromatic heterocycles. The van der Waals surface area contributed by atoms with Crippen LogP contribution in [0.3, 0.4) is 0 Å². The van der Waals surface area contributed by atoms with E-state index in [1.54, 1.807) is 18.5 Å². The first-order valence-corrected chi connectivity index (χ1v) is 7.32. The van der Waals surface area contributed by atoms with Crippen molar-refractivity contribution in [2.75, 3.05) is 46.2 Å². The zero-order valence-electron chi connectivity index (χ0n) is 10.1. The number of rotatable bonds is 6. The van der Waals surface area contributed by atoms with Gasteiger partial charge in [-0.15, -0.1) is 0 Å². The highest BCUT2D eigenvalue weighted by Crippen LogP contribution is 2.19. The van der Waals surface area contributed by atoms with Gasteiger partial charge in [0, 0.05) is 26.7 Å². The van der Waals surface area contributed by atoms with Crippen molar-refractivity contribution < 1.29 is 13.2 Å². The maximum Gasteiger partial charge on any atom is 0.215 e. The van der Waals surface area contributed by atoms with Gasteiger partial charge in [0.1, 0.15) is 0 Å². The molecule has 1 aliphatic rings. The van der Waals surface area contributed by atoms with Crippen LogP contribution in [0.25, 0.3) is 0 Å². The third-order valence-electron chi connectivity index (χ3n) is 2.89. The Morgan fingerprint density at radius 3 is 2.88 bits per heavy atom. The first kappa shape index (κ1) is 13.9. The Morgan fingerprint density at radius 1 is 1.50 bits per heavy atom. The number of ether oxygens (including phenoxy) is 1. The Labute approximate surface area is 98.2 Å². The molecule has 1 heterocycles. The standard InChI is InChI=1S/C10H22N2O3S/c1-11-5-7-16(13,14)12-6-3-4-10(8-12)9-15-2/h10-11H,3-9H2,1-2H3. The van der Waals surface area contributed by atoms with Gasteiger partial charge in [-0.05, 0) is 25.8 Å². The molecule has 1 N–H and O–H groups in total. The number of piperidine rings is 1. The Balaban J connectivity index is 2.52. The fourth-order valence-electron chi connectivity index (χ4n) is 2.01. The highest BCUT2D eigenvalue weighted by Gasteiger charge is 2.28. The predicted octanol–water partition coefficient (Wildman–Crippen LogP) is -0.106. The quantitative estimate of drug-likeness (QED) is 0.715. The minimum atomic E-state index is -3.08. The number of hydrogen-bond donors (Lipinski definition) is 1. The van der Waals surface area contributed by atoms with Crippen LogP contribution in [0, 0.1) is 5.92 Å². The van der Waals surface area contributed by atoms with Crippen molar-refractivity contribution in [1.82, 2.24) is 9.62 Å². The molecule has 1 aliphatic heterocycles. The van der Waals surface area contributed by atoms with Gasteiger partial charge in [-0.1, -0.05) is 0 Å². The molecule has 1 rings (SSSR count). The highest BCUT2D eigenvalue weighted by atomic mass is 32.2. The Hall–Kier alpha value is -0.170. The molecule has 1 unspecified atom stereocenters. The van der Waals surface area contributed by atoms with Crippen LogP contribution in [-0.2, 0) is 14.8 Å². The first-order chi connectivity index (χ1) is 7.60. The molecule has 0 spiro atoms. The van der Waals surface area contributed by atoms with Gasteiger partial charge in [0.25, 0.3) is 0 Å². The van der Waals surface area contributed by atoms with E-state index in [1.807, 2.05) is 0 Å². The van der Waals surface area contributed by atoms with Gasteiger partial charge in [-0.25, -0.2) is 12.7 Å². The van der Waals surface area contributed by atoms with E-state index >= 15 is 0 Å². The second-order valence-electron chi connectivity index (χ2n) is 4.24. The fourth-order valence-corrected chi connectivity index (χ4v) is 3.58. The number of hydrogen-bond acceptors (Lipinski definition) is 4. The lowest BCUT2D eigenvalue weighted by atomic mass is 10.0. The minimum Gasteiger partial charge on any atom is -0.384 e. The average Bonchev–Trinajstić information content (AvgIpc) is 2.27. The molecule has 96 valence electrons. The van der Waals surface area contributed by atoms with Crippen molar-refractivity contribution in [1.29, 1.82) is 0 Å². The van der Waals surface area contributed by atoms with Crippen LogP contribution in [-0.4, -0.2) is 58.9 Å². The summed E-state index contributed by atoms with van der Waals surface area (Å²) in [6.45, 7) is 2.43. The van der Waals surface area contributed by atoms with Crippen LogP contribution >= 0.6 is 0 Å². The molecular formula is C10H22N2O3S. The van der Waals surface area contributed by atoms with E-state index in [2.05, 4.69) is 5.32 Å². The number of methoxy groups -OCH3 is 1. The van der Waals surface area contributed by atoms with Crippen molar-refractivity contribution in [2.24, 2.45) is 5.92 Å². The smallest absolute Gasteiger partial charge is 0.215 e. The van der Waals surface area contributed by atoms with Gasteiger partial charge < -0.3 is 10.1 Å². The second kappa shape index (κ2) is 6.54. The molecule has 0 bridgehead atoms. The van der Waals surface area contributed by atoms with Gasteiger partial charge in [-0.2, -0.15) is 0 Å². The lowest BCUT2D eigenvalue weighted by Gasteiger charge is -2.31. The van der Waals surface area contributed by atoms with E-state index in [0.717, 1.165) is 12.8 Å². The van der Waals surface area contributed by atoms with E-state index < -0.39 is 10.0 Å². The van der Waals surface area contributed by atoms with Crippen molar-refractivity contribution in [3.8, 4) is 0 Å². The Morgan fingerprint density at radius 2 is 2.25 bits per heavy atom. The number of nitrogens with one attached hydrogen (secondary N) is 1. The third kappa shape index (κ3) is 4.01.